The van der Waals surface area contributed by atoms with E-state index < -0.39 is 11.8 Å². The van der Waals surface area contributed by atoms with Crippen molar-refractivity contribution < 1.29 is 18.7 Å². The SMILES string of the molecule is Cc1ccc(C)c(OCC(=O)NNC(=O)c2ccccc2-c2ncc(-c3ccccc3)o2)c1. The van der Waals surface area contributed by atoms with E-state index in [1.807, 2.05) is 62.4 Å². The van der Waals surface area contributed by atoms with Gasteiger partial charge in [0.25, 0.3) is 11.8 Å². The summed E-state index contributed by atoms with van der Waals surface area (Å²) < 4.78 is 11.4. The standard InChI is InChI=1S/C26H23N3O4/c1-17-12-13-18(2)22(14-17)32-16-24(30)28-29-25(31)20-10-6-7-11-21(20)26-27-15-23(33-26)19-8-4-3-5-9-19/h3-15H,16H2,1-2H3,(H,28,30)(H,29,31). The largest absolute Gasteiger partial charge is 0.483 e. The van der Waals surface area contributed by atoms with Gasteiger partial charge in [0.2, 0.25) is 5.89 Å². The van der Waals surface area contributed by atoms with Crippen LogP contribution in [0.3, 0.4) is 0 Å². The fourth-order valence-corrected chi connectivity index (χ4v) is 3.24. The molecule has 2 amide bonds. The Hall–Kier alpha value is -4.39. The number of amides is 2. The molecule has 0 aliphatic carbocycles. The van der Waals surface area contributed by atoms with E-state index in [1.165, 1.54) is 0 Å². The van der Waals surface area contributed by atoms with E-state index in [0.717, 1.165) is 16.7 Å². The third kappa shape index (κ3) is 5.27. The molecule has 33 heavy (non-hydrogen) atoms. The molecule has 7 heteroatoms. The third-order valence-electron chi connectivity index (χ3n) is 4.98. The number of hydrazine groups is 1. The highest BCUT2D eigenvalue weighted by atomic mass is 16.5. The smallest absolute Gasteiger partial charge is 0.276 e. The number of carbonyl (C=O) groups excluding carboxylic acids is 2. The summed E-state index contributed by atoms with van der Waals surface area (Å²) in [6.45, 7) is 3.62. The maximum atomic E-state index is 12.8. The summed E-state index contributed by atoms with van der Waals surface area (Å²) in [6.07, 6.45) is 1.62. The molecule has 166 valence electrons. The topological polar surface area (TPSA) is 93.5 Å². The van der Waals surface area contributed by atoms with E-state index >= 15 is 0 Å². The minimum atomic E-state index is -0.495. The summed E-state index contributed by atoms with van der Waals surface area (Å²) in [5.41, 5.74) is 8.47. The number of rotatable bonds is 6. The Balaban J connectivity index is 1.41. The molecule has 4 rings (SSSR count). The summed E-state index contributed by atoms with van der Waals surface area (Å²) in [5.74, 6) is 0.552. The molecule has 1 heterocycles. The highest BCUT2D eigenvalue weighted by molar-refractivity contribution is 6.00. The van der Waals surface area contributed by atoms with Crippen molar-refractivity contribution in [1.29, 1.82) is 0 Å². The van der Waals surface area contributed by atoms with Crippen molar-refractivity contribution in [3.63, 3.8) is 0 Å². The molecule has 0 bridgehead atoms. The summed E-state index contributed by atoms with van der Waals surface area (Å²) in [6, 6.07) is 22.2. The Kier molecular flexibility index (Phi) is 6.50. The number of nitrogens with one attached hydrogen (secondary N) is 2. The van der Waals surface area contributed by atoms with Gasteiger partial charge in [0.1, 0.15) is 5.75 Å². The Labute approximate surface area is 191 Å². The number of hydrogen-bond donors (Lipinski definition) is 2. The number of carbonyl (C=O) groups is 2. The zero-order valence-corrected chi connectivity index (χ0v) is 18.3. The average Bonchev–Trinajstić information content (AvgIpc) is 3.34. The van der Waals surface area contributed by atoms with Gasteiger partial charge >= 0.3 is 0 Å². The quantitative estimate of drug-likeness (QED) is 0.431. The normalized spacial score (nSPS) is 10.5. The molecule has 0 radical (unpaired) electrons. The van der Waals surface area contributed by atoms with Gasteiger partial charge in [-0.05, 0) is 43.2 Å². The van der Waals surface area contributed by atoms with Crippen molar-refractivity contribution in [3.8, 4) is 28.5 Å². The van der Waals surface area contributed by atoms with Gasteiger partial charge in [0, 0.05) is 11.1 Å². The minimum absolute atomic E-state index is 0.230. The Morgan fingerprint density at radius 3 is 2.52 bits per heavy atom. The molecule has 0 aliphatic heterocycles. The highest BCUT2D eigenvalue weighted by Crippen LogP contribution is 2.28. The van der Waals surface area contributed by atoms with Crippen molar-refractivity contribution in [2.24, 2.45) is 0 Å². The Morgan fingerprint density at radius 2 is 1.70 bits per heavy atom. The number of ether oxygens (including phenoxy) is 1. The molecule has 1 aromatic heterocycles. The Bertz CT molecular complexity index is 1280. The maximum absolute atomic E-state index is 12.8. The summed E-state index contributed by atoms with van der Waals surface area (Å²) in [7, 11) is 0. The zero-order chi connectivity index (χ0) is 23.2. The predicted octanol–water partition coefficient (Wildman–Crippen LogP) is 4.47. The molecule has 0 atom stereocenters. The lowest BCUT2D eigenvalue weighted by Gasteiger charge is -2.12. The highest BCUT2D eigenvalue weighted by Gasteiger charge is 2.17. The van der Waals surface area contributed by atoms with Crippen LogP contribution in [-0.2, 0) is 4.79 Å². The molecule has 2 N–H and O–H groups in total. The number of nitrogens with zero attached hydrogens (tertiary/aromatic N) is 1. The van der Waals surface area contributed by atoms with Crippen LogP contribution in [0.2, 0.25) is 0 Å². The van der Waals surface area contributed by atoms with Gasteiger partial charge in [-0.2, -0.15) is 0 Å². The van der Waals surface area contributed by atoms with Gasteiger partial charge in [0.15, 0.2) is 12.4 Å². The van der Waals surface area contributed by atoms with Crippen LogP contribution in [0.25, 0.3) is 22.8 Å². The fourth-order valence-electron chi connectivity index (χ4n) is 3.24. The number of oxazole rings is 1. The summed E-state index contributed by atoms with van der Waals surface area (Å²) >= 11 is 0. The zero-order valence-electron chi connectivity index (χ0n) is 18.3. The van der Waals surface area contributed by atoms with Crippen molar-refractivity contribution in [2.75, 3.05) is 6.61 Å². The van der Waals surface area contributed by atoms with Crippen LogP contribution >= 0.6 is 0 Å². The third-order valence-corrected chi connectivity index (χ3v) is 4.98. The molecule has 0 spiro atoms. The predicted molar refractivity (Wildman–Crippen MR) is 124 cm³/mol. The monoisotopic (exact) mass is 441 g/mol. The van der Waals surface area contributed by atoms with E-state index in [0.29, 0.717) is 28.5 Å². The summed E-state index contributed by atoms with van der Waals surface area (Å²) in [5, 5.41) is 0. The first-order valence-corrected chi connectivity index (χ1v) is 10.4. The molecule has 3 aromatic carbocycles. The molecule has 0 saturated carbocycles. The lowest BCUT2D eigenvalue weighted by atomic mass is 10.1. The molecule has 0 unspecified atom stereocenters. The van der Waals surface area contributed by atoms with E-state index in [9.17, 15) is 9.59 Å². The van der Waals surface area contributed by atoms with Crippen LogP contribution in [-0.4, -0.2) is 23.4 Å². The summed E-state index contributed by atoms with van der Waals surface area (Å²) in [4.78, 5) is 29.3. The maximum Gasteiger partial charge on any atom is 0.276 e. The number of aryl methyl sites for hydroxylation is 2. The van der Waals surface area contributed by atoms with E-state index in [1.54, 1.807) is 30.5 Å². The first-order valence-electron chi connectivity index (χ1n) is 10.4. The van der Waals surface area contributed by atoms with Gasteiger partial charge in [0.05, 0.1) is 11.8 Å². The average molecular weight is 441 g/mol. The number of hydrogen-bond acceptors (Lipinski definition) is 5. The van der Waals surface area contributed by atoms with E-state index in [4.69, 9.17) is 9.15 Å². The van der Waals surface area contributed by atoms with Gasteiger partial charge < -0.3 is 9.15 Å². The number of aromatic nitrogens is 1. The van der Waals surface area contributed by atoms with Gasteiger partial charge in [-0.1, -0.05) is 54.6 Å². The van der Waals surface area contributed by atoms with Crippen molar-refractivity contribution >= 4 is 11.8 Å². The second-order valence-corrected chi connectivity index (χ2v) is 7.50. The van der Waals surface area contributed by atoms with Crippen LogP contribution in [0.15, 0.2) is 83.4 Å². The van der Waals surface area contributed by atoms with Crippen molar-refractivity contribution in [2.45, 2.75) is 13.8 Å². The second kappa shape index (κ2) is 9.82. The van der Waals surface area contributed by atoms with Crippen LogP contribution in [0, 0.1) is 13.8 Å². The van der Waals surface area contributed by atoms with E-state index in [2.05, 4.69) is 15.8 Å². The second-order valence-electron chi connectivity index (χ2n) is 7.50. The van der Waals surface area contributed by atoms with E-state index in [-0.39, 0.29) is 6.61 Å². The lowest BCUT2D eigenvalue weighted by Crippen LogP contribution is -2.44. The van der Waals surface area contributed by atoms with Crippen LogP contribution in [0.4, 0.5) is 0 Å². The van der Waals surface area contributed by atoms with Gasteiger partial charge in [-0.25, -0.2) is 4.98 Å². The first kappa shape index (κ1) is 21.8. The van der Waals surface area contributed by atoms with Crippen molar-refractivity contribution in [1.82, 2.24) is 15.8 Å². The molecule has 0 saturated heterocycles. The van der Waals surface area contributed by atoms with Crippen LogP contribution < -0.4 is 15.6 Å². The van der Waals surface area contributed by atoms with Gasteiger partial charge in [-0.3, -0.25) is 20.4 Å². The molecule has 0 fully saturated rings. The molecular formula is C26H23N3O4. The van der Waals surface area contributed by atoms with Crippen molar-refractivity contribution in [3.05, 3.63) is 95.7 Å². The Morgan fingerprint density at radius 1 is 0.939 bits per heavy atom. The van der Waals surface area contributed by atoms with Crippen LogP contribution in [0.5, 0.6) is 5.75 Å². The van der Waals surface area contributed by atoms with Gasteiger partial charge in [-0.15, -0.1) is 0 Å². The molecular weight excluding hydrogens is 418 g/mol. The first-order chi connectivity index (χ1) is 16.0. The minimum Gasteiger partial charge on any atom is -0.483 e. The molecule has 0 aliphatic rings. The molecule has 7 nitrogen and oxygen atoms in total. The fraction of sp³-hybridized carbons (Fsp3) is 0.115. The number of benzene rings is 3. The van der Waals surface area contributed by atoms with Crippen LogP contribution in [0.1, 0.15) is 21.5 Å². The molecule has 4 aromatic rings. The lowest BCUT2D eigenvalue weighted by molar-refractivity contribution is -0.123.